The minimum atomic E-state index is -0.238. The summed E-state index contributed by atoms with van der Waals surface area (Å²) in [5.74, 6) is 0.341. The molecule has 0 radical (unpaired) electrons. The molecule has 1 amide bonds. The summed E-state index contributed by atoms with van der Waals surface area (Å²) in [5, 5.41) is 3.47. The van der Waals surface area contributed by atoms with Crippen molar-refractivity contribution < 1.29 is 4.79 Å². The van der Waals surface area contributed by atoms with E-state index >= 15 is 0 Å². The van der Waals surface area contributed by atoms with E-state index in [9.17, 15) is 4.79 Å². The molecule has 1 fully saturated rings. The number of nitrogens with one attached hydrogen (secondary N) is 1. The van der Waals surface area contributed by atoms with Crippen molar-refractivity contribution in [3.05, 3.63) is 0 Å². The van der Waals surface area contributed by atoms with Crippen molar-refractivity contribution in [1.82, 2.24) is 10.2 Å². The van der Waals surface area contributed by atoms with Gasteiger partial charge in [-0.15, -0.1) is 0 Å². The van der Waals surface area contributed by atoms with Crippen LogP contribution in [0.2, 0.25) is 0 Å². The zero-order chi connectivity index (χ0) is 12.7. The van der Waals surface area contributed by atoms with Gasteiger partial charge < -0.3 is 10.2 Å². The maximum absolute atomic E-state index is 12.7. The molecule has 1 rings (SSSR count). The van der Waals surface area contributed by atoms with E-state index in [1.54, 1.807) is 0 Å². The number of unbranched alkanes of at least 4 members (excludes halogenated alkanes) is 1. The average molecular weight is 240 g/mol. The molecule has 1 N–H and O–H groups in total. The predicted octanol–water partition coefficient (Wildman–Crippen LogP) is 2.56. The van der Waals surface area contributed by atoms with Crippen LogP contribution < -0.4 is 5.32 Å². The van der Waals surface area contributed by atoms with Crippen LogP contribution in [0.3, 0.4) is 0 Å². The van der Waals surface area contributed by atoms with E-state index in [1.807, 2.05) is 4.90 Å². The lowest BCUT2D eigenvalue weighted by Gasteiger charge is -2.34. The van der Waals surface area contributed by atoms with Gasteiger partial charge in [-0.05, 0) is 39.2 Å². The summed E-state index contributed by atoms with van der Waals surface area (Å²) in [6.07, 6.45) is 6.47. The highest BCUT2D eigenvalue weighted by atomic mass is 16.2. The molecule has 1 heterocycles. The minimum Gasteiger partial charge on any atom is -0.341 e. The Morgan fingerprint density at radius 1 is 1.29 bits per heavy atom. The molecule has 0 aliphatic carbocycles. The third-order valence-corrected chi connectivity index (χ3v) is 3.78. The molecule has 0 aromatic rings. The molecule has 1 aliphatic heterocycles. The average Bonchev–Trinajstić information content (AvgIpc) is 2.80. The molecular weight excluding hydrogens is 212 g/mol. The Hall–Kier alpha value is -0.570. The third-order valence-electron chi connectivity index (χ3n) is 3.78. The van der Waals surface area contributed by atoms with Crippen LogP contribution in [-0.2, 0) is 4.79 Å². The first-order chi connectivity index (χ1) is 8.20. The Morgan fingerprint density at radius 3 is 2.53 bits per heavy atom. The van der Waals surface area contributed by atoms with Crippen molar-refractivity contribution in [2.24, 2.45) is 0 Å². The molecule has 3 nitrogen and oxygen atoms in total. The molecule has 1 atom stereocenters. The second-order valence-electron chi connectivity index (χ2n) is 5.10. The molecule has 1 unspecified atom stereocenters. The van der Waals surface area contributed by atoms with Crippen LogP contribution in [0, 0.1) is 0 Å². The number of rotatable bonds is 7. The van der Waals surface area contributed by atoms with Crippen molar-refractivity contribution >= 4 is 5.91 Å². The van der Waals surface area contributed by atoms with E-state index in [4.69, 9.17) is 0 Å². The molecule has 100 valence electrons. The Kier molecular flexibility index (Phi) is 5.96. The van der Waals surface area contributed by atoms with Crippen LogP contribution >= 0.6 is 0 Å². The van der Waals surface area contributed by atoms with E-state index in [1.165, 1.54) is 0 Å². The lowest BCUT2D eigenvalue weighted by molar-refractivity contribution is -0.138. The van der Waals surface area contributed by atoms with Gasteiger partial charge in [0.2, 0.25) is 5.91 Å². The van der Waals surface area contributed by atoms with Gasteiger partial charge in [0.25, 0.3) is 0 Å². The molecule has 0 saturated carbocycles. The Bertz CT molecular complexity index is 234. The van der Waals surface area contributed by atoms with E-state index < -0.39 is 0 Å². The Labute approximate surface area is 106 Å². The van der Waals surface area contributed by atoms with Crippen LogP contribution in [0.15, 0.2) is 0 Å². The number of carbonyl (C=O) groups excluding carboxylic acids is 1. The van der Waals surface area contributed by atoms with Gasteiger partial charge in [0.15, 0.2) is 0 Å². The SMILES string of the molecule is CCCCN(CC)C(=O)C1(CCC)CCCN1. The number of amides is 1. The maximum atomic E-state index is 12.7. The summed E-state index contributed by atoms with van der Waals surface area (Å²) in [7, 11) is 0. The maximum Gasteiger partial charge on any atom is 0.242 e. The van der Waals surface area contributed by atoms with Crippen LogP contribution in [0.4, 0.5) is 0 Å². The van der Waals surface area contributed by atoms with Crippen molar-refractivity contribution in [3.8, 4) is 0 Å². The van der Waals surface area contributed by atoms with Crippen molar-refractivity contribution in [1.29, 1.82) is 0 Å². The van der Waals surface area contributed by atoms with Crippen LogP contribution in [0.25, 0.3) is 0 Å². The minimum absolute atomic E-state index is 0.238. The first-order valence-electron chi connectivity index (χ1n) is 7.24. The highest BCUT2D eigenvalue weighted by molar-refractivity contribution is 5.86. The summed E-state index contributed by atoms with van der Waals surface area (Å²) >= 11 is 0. The Morgan fingerprint density at radius 2 is 2.06 bits per heavy atom. The van der Waals surface area contributed by atoms with Crippen molar-refractivity contribution in [3.63, 3.8) is 0 Å². The van der Waals surface area contributed by atoms with E-state index in [0.29, 0.717) is 5.91 Å². The molecular formula is C14H28N2O. The number of carbonyl (C=O) groups is 1. The second kappa shape index (κ2) is 7.00. The van der Waals surface area contributed by atoms with E-state index in [2.05, 4.69) is 26.1 Å². The molecule has 0 aromatic carbocycles. The third kappa shape index (κ3) is 3.44. The molecule has 17 heavy (non-hydrogen) atoms. The van der Waals surface area contributed by atoms with Gasteiger partial charge in [-0.1, -0.05) is 26.7 Å². The first kappa shape index (κ1) is 14.5. The zero-order valence-electron chi connectivity index (χ0n) is 11.7. The molecule has 0 aromatic heterocycles. The highest BCUT2D eigenvalue weighted by Gasteiger charge is 2.41. The lowest BCUT2D eigenvalue weighted by Crippen LogP contribution is -2.55. The van der Waals surface area contributed by atoms with Crippen LogP contribution in [0.5, 0.6) is 0 Å². The van der Waals surface area contributed by atoms with Gasteiger partial charge >= 0.3 is 0 Å². The molecule has 1 aliphatic rings. The summed E-state index contributed by atoms with van der Waals surface area (Å²) in [6.45, 7) is 9.18. The monoisotopic (exact) mass is 240 g/mol. The number of nitrogens with zero attached hydrogens (tertiary/aromatic N) is 1. The summed E-state index contributed by atoms with van der Waals surface area (Å²) < 4.78 is 0. The topological polar surface area (TPSA) is 32.3 Å². The molecule has 0 spiro atoms. The standard InChI is InChI=1S/C14H28N2O/c1-4-7-12-16(6-3)13(17)14(9-5-2)10-8-11-15-14/h15H,4-12H2,1-3H3. The smallest absolute Gasteiger partial charge is 0.242 e. The number of hydrogen-bond acceptors (Lipinski definition) is 2. The Balaban J connectivity index is 2.68. The quantitative estimate of drug-likeness (QED) is 0.742. The summed E-state index contributed by atoms with van der Waals surface area (Å²) in [4.78, 5) is 14.7. The normalized spacial score (nSPS) is 23.9. The summed E-state index contributed by atoms with van der Waals surface area (Å²) in [6, 6.07) is 0. The fourth-order valence-electron chi connectivity index (χ4n) is 2.79. The van der Waals surface area contributed by atoms with Crippen molar-refractivity contribution in [2.75, 3.05) is 19.6 Å². The second-order valence-corrected chi connectivity index (χ2v) is 5.10. The van der Waals surface area contributed by atoms with E-state index in [-0.39, 0.29) is 5.54 Å². The highest BCUT2D eigenvalue weighted by Crippen LogP contribution is 2.27. The van der Waals surface area contributed by atoms with Gasteiger partial charge in [0.05, 0.1) is 5.54 Å². The van der Waals surface area contributed by atoms with E-state index in [0.717, 1.165) is 58.2 Å². The van der Waals surface area contributed by atoms with Gasteiger partial charge in [-0.3, -0.25) is 4.79 Å². The van der Waals surface area contributed by atoms with Gasteiger partial charge in [0, 0.05) is 13.1 Å². The van der Waals surface area contributed by atoms with Gasteiger partial charge in [-0.25, -0.2) is 0 Å². The number of hydrogen-bond donors (Lipinski definition) is 1. The van der Waals surface area contributed by atoms with Gasteiger partial charge in [0.1, 0.15) is 0 Å². The first-order valence-corrected chi connectivity index (χ1v) is 7.24. The van der Waals surface area contributed by atoms with Crippen LogP contribution in [-0.4, -0.2) is 36.0 Å². The number of likely N-dealkylation sites (N-methyl/N-ethyl adjacent to an activating group) is 1. The summed E-state index contributed by atoms with van der Waals surface area (Å²) in [5.41, 5.74) is -0.238. The van der Waals surface area contributed by atoms with Crippen LogP contribution in [0.1, 0.15) is 59.3 Å². The molecule has 3 heteroatoms. The van der Waals surface area contributed by atoms with Gasteiger partial charge in [-0.2, -0.15) is 0 Å². The fraction of sp³-hybridized carbons (Fsp3) is 0.929. The zero-order valence-corrected chi connectivity index (χ0v) is 11.7. The molecule has 0 bridgehead atoms. The fourth-order valence-corrected chi connectivity index (χ4v) is 2.79. The molecule has 1 saturated heterocycles. The largest absolute Gasteiger partial charge is 0.341 e. The lowest BCUT2D eigenvalue weighted by atomic mass is 9.90. The van der Waals surface area contributed by atoms with Crippen molar-refractivity contribution in [2.45, 2.75) is 64.8 Å². The predicted molar refractivity (Wildman–Crippen MR) is 72.0 cm³/mol.